The van der Waals surface area contributed by atoms with Gasteiger partial charge in [-0.1, -0.05) is 24.3 Å². The van der Waals surface area contributed by atoms with E-state index in [-0.39, 0.29) is 5.91 Å². The molecule has 1 aromatic rings. The average Bonchev–Trinajstić information content (AvgIpc) is 3.20. The van der Waals surface area contributed by atoms with Crippen LogP contribution in [0.3, 0.4) is 0 Å². The number of rotatable bonds is 6. The minimum absolute atomic E-state index is 0.211. The summed E-state index contributed by atoms with van der Waals surface area (Å²) in [6, 6.07) is 8.62. The summed E-state index contributed by atoms with van der Waals surface area (Å²) in [6.07, 6.45) is 6.99. The molecule has 0 radical (unpaired) electrons. The molecule has 2 heterocycles. The molecule has 1 amide bonds. The fraction of sp³-hybridized carbons (Fsp3) is 0.524. The highest BCUT2D eigenvalue weighted by Gasteiger charge is 2.23. The summed E-state index contributed by atoms with van der Waals surface area (Å²) < 4.78 is 0. The maximum absolute atomic E-state index is 11.3. The van der Waals surface area contributed by atoms with Gasteiger partial charge in [-0.3, -0.25) is 4.79 Å². The number of nitrogens with one attached hydrogen (secondary N) is 1. The van der Waals surface area contributed by atoms with Crippen molar-refractivity contribution >= 4 is 17.6 Å². The Kier molecular flexibility index (Phi) is 6.74. The van der Waals surface area contributed by atoms with Gasteiger partial charge in [0, 0.05) is 44.8 Å². The highest BCUT2D eigenvalue weighted by molar-refractivity contribution is 5.80. The van der Waals surface area contributed by atoms with Crippen LogP contribution in [0.15, 0.2) is 41.4 Å². The Morgan fingerprint density at radius 3 is 2.89 bits per heavy atom. The van der Waals surface area contributed by atoms with E-state index in [0.717, 1.165) is 51.5 Å². The van der Waals surface area contributed by atoms with Crippen LogP contribution in [0.2, 0.25) is 0 Å². The zero-order valence-electron chi connectivity index (χ0n) is 16.2. The summed E-state index contributed by atoms with van der Waals surface area (Å²) in [5.41, 5.74) is 7.85. The molecular formula is C21H31N5O. The number of hydrogen-bond donors (Lipinski definition) is 2. The Bertz CT molecular complexity index is 692. The molecule has 0 saturated carbocycles. The summed E-state index contributed by atoms with van der Waals surface area (Å²) in [5.74, 6) is 1.04. The quantitative estimate of drug-likeness (QED) is 0.458. The molecule has 2 aliphatic heterocycles. The second kappa shape index (κ2) is 9.44. The number of benzene rings is 1. The zero-order chi connectivity index (χ0) is 19.1. The summed E-state index contributed by atoms with van der Waals surface area (Å²) in [6.45, 7) is 7.33. The van der Waals surface area contributed by atoms with Gasteiger partial charge in [0.2, 0.25) is 5.91 Å². The summed E-state index contributed by atoms with van der Waals surface area (Å²) in [4.78, 5) is 20.8. The molecule has 1 atom stereocenters. The lowest BCUT2D eigenvalue weighted by atomic mass is 9.95. The molecule has 0 aromatic heterocycles. The van der Waals surface area contributed by atoms with Gasteiger partial charge in [0.1, 0.15) is 0 Å². The van der Waals surface area contributed by atoms with Crippen molar-refractivity contribution in [2.45, 2.75) is 32.7 Å². The van der Waals surface area contributed by atoms with Crippen LogP contribution < -0.4 is 16.0 Å². The number of likely N-dealkylation sites (tertiary alicyclic amines) is 1. The van der Waals surface area contributed by atoms with Crippen LogP contribution in [0.5, 0.6) is 0 Å². The Morgan fingerprint density at radius 1 is 1.33 bits per heavy atom. The highest BCUT2D eigenvalue weighted by atomic mass is 16.1. The van der Waals surface area contributed by atoms with Crippen LogP contribution in [0, 0.1) is 5.92 Å². The van der Waals surface area contributed by atoms with Gasteiger partial charge >= 0.3 is 0 Å². The first-order valence-electron chi connectivity index (χ1n) is 9.96. The normalized spacial score (nSPS) is 20.2. The molecular weight excluding hydrogens is 338 g/mol. The second-order valence-electron chi connectivity index (χ2n) is 7.34. The molecule has 3 rings (SSSR count). The number of nitrogens with zero attached hydrogens (tertiary/aromatic N) is 3. The molecule has 1 fully saturated rings. The molecule has 0 spiro atoms. The van der Waals surface area contributed by atoms with Crippen molar-refractivity contribution in [2.75, 3.05) is 37.6 Å². The lowest BCUT2D eigenvalue weighted by Crippen LogP contribution is -2.47. The number of anilines is 1. The van der Waals surface area contributed by atoms with Gasteiger partial charge in [-0.05, 0) is 43.4 Å². The largest absolute Gasteiger partial charge is 0.370 e. The predicted molar refractivity (Wildman–Crippen MR) is 111 cm³/mol. The van der Waals surface area contributed by atoms with Gasteiger partial charge in [0.15, 0.2) is 5.96 Å². The smallest absolute Gasteiger partial charge is 0.217 e. The third kappa shape index (κ3) is 5.49. The average molecular weight is 370 g/mol. The number of aliphatic imine (C=N–C) groups is 1. The Hall–Kier alpha value is -2.50. The van der Waals surface area contributed by atoms with E-state index in [9.17, 15) is 4.79 Å². The molecule has 1 unspecified atom stereocenters. The molecule has 0 bridgehead atoms. The van der Waals surface area contributed by atoms with Crippen LogP contribution in [-0.2, 0) is 11.3 Å². The number of hydrogen-bond acceptors (Lipinski definition) is 3. The SMILES string of the molecule is CCNC(=NCc1cccc(N2CC=CC2)c1)N1CCCC(CC(N)=O)C1. The van der Waals surface area contributed by atoms with E-state index < -0.39 is 0 Å². The van der Waals surface area contributed by atoms with E-state index in [1.54, 1.807) is 0 Å². The van der Waals surface area contributed by atoms with Gasteiger partial charge in [-0.15, -0.1) is 0 Å². The fourth-order valence-corrected chi connectivity index (χ4v) is 3.84. The van der Waals surface area contributed by atoms with Gasteiger partial charge < -0.3 is 20.9 Å². The number of amides is 1. The van der Waals surface area contributed by atoms with E-state index in [0.29, 0.717) is 18.9 Å². The number of primary amides is 1. The molecule has 0 aliphatic carbocycles. The van der Waals surface area contributed by atoms with Crippen molar-refractivity contribution in [3.8, 4) is 0 Å². The van der Waals surface area contributed by atoms with Crippen molar-refractivity contribution in [1.82, 2.24) is 10.2 Å². The third-order valence-electron chi connectivity index (χ3n) is 5.15. The first-order valence-corrected chi connectivity index (χ1v) is 9.96. The van der Waals surface area contributed by atoms with Crippen LogP contribution in [0.1, 0.15) is 31.7 Å². The lowest BCUT2D eigenvalue weighted by molar-refractivity contribution is -0.119. The Labute approximate surface area is 162 Å². The molecule has 27 heavy (non-hydrogen) atoms. The third-order valence-corrected chi connectivity index (χ3v) is 5.15. The first kappa shape index (κ1) is 19.3. The molecule has 3 N–H and O–H groups in total. The summed E-state index contributed by atoms with van der Waals surface area (Å²) in [5, 5.41) is 3.41. The minimum atomic E-state index is -0.211. The van der Waals surface area contributed by atoms with Crippen molar-refractivity contribution < 1.29 is 4.79 Å². The fourth-order valence-electron chi connectivity index (χ4n) is 3.84. The monoisotopic (exact) mass is 369 g/mol. The Morgan fingerprint density at radius 2 is 2.15 bits per heavy atom. The zero-order valence-corrected chi connectivity index (χ0v) is 16.2. The second-order valence-corrected chi connectivity index (χ2v) is 7.34. The number of carbonyl (C=O) groups excluding carboxylic acids is 1. The van der Waals surface area contributed by atoms with Gasteiger partial charge in [-0.25, -0.2) is 4.99 Å². The lowest BCUT2D eigenvalue weighted by Gasteiger charge is -2.34. The van der Waals surface area contributed by atoms with Crippen molar-refractivity contribution in [2.24, 2.45) is 16.6 Å². The Balaban J connectivity index is 1.66. The van der Waals surface area contributed by atoms with E-state index in [1.807, 2.05) is 0 Å². The van der Waals surface area contributed by atoms with Crippen LogP contribution in [0.4, 0.5) is 5.69 Å². The maximum Gasteiger partial charge on any atom is 0.217 e. The topological polar surface area (TPSA) is 74.0 Å². The van der Waals surface area contributed by atoms with Crippen LogP contribution in [-0.4, -0.2) is 49.5 Å². The number of guanidine groups is 1. The van der Waals surface area contributed by atoms with Crippen molar-refractivity contribution in [3.63, 3.8) is 0 Å². The molecule has 146 valence electrons. The highest BCUT2D eigenvalue weighted by Crippen LogP contribution is 2.21. The predicted octanol–water partition coefficient (Wildman–Crippen LogP) is 2.12. The van der Waals surface area contributed by atoms with Crippen LogP contribution in [0.25, 0.3) is 0 Å². The number of piperidine rings is 1. The minimum Gasteiger partial charge on any atom is -0.370 e. The molecule has 6 nitrogen and oxygen atoms in total. The van der Waals surface area contributed by atoms with Crippen LogP contribution >= 0.6 is 0 Å². The molecule has 2 aliphatic rings. The van der Waals surface area contributed by atoms with E-state index in [1.165, 1.54) is 11.3 Å². The molecule has 1 saturated heterocycles. The number of carbonyl (C=O) groups is 1. The molecule has 6 heteroatoms. The van der Waals surface area contributed by atoms with E-state index in [4.69, 9.17) is 10.7 Å². The summed E-state index contributed by atoms with van der Waals surface area (Å²) >= 11 is 0. The van der Waals surface area contributed by atoms with Crippen molar-refractivity contribution in [3.05, 3.63) is 42.0 Å². The van der Waals surface area contributed by atoms with Crippen molar-refractivity contribution in [1.29, 1.82) is 0 Å². The number of nitrogens with two attached hydrogens (primary N) is 1. The first-order chi connectivity index (χ1) is 13.2. The van der Waals surface area contributed by atoms with Gasteiger partial charge in [-0.2, -0.15) is 0 Å². The van der Waals surface area contributed by atoms with E-state index in [2.05, 4.69) is 58.5 Å². The van der Waals surface area contributed by atoms with Gasteiger partial charge in [0.25, 0.3) is 0 Å². The van der Waals surface area contributed by atoms with Gasteiger partial charge in [0.05, 0.1) is 6.54 Å². The maximum atomic E-state index is 11.3. The molecule has 1 aromatic carbocycles. The van der Waals surface area contributed by atoms with E-state index >= 15 is 0 Å². The standard InChI is InChI=1S/C21H31N5O/c1-2-23-21(26-12-6-8-18(16-26)14-20(22)27)24-15-17-7-5-9-19(13-17)25-10-3-4-11-25/h3-5,7,9,13,18H,2,6,8,10-12,14-16H2,1H3,(H2,22,27)(H,23,24). The summed E-state index contributed by atoms with van der Waals surface area (Å²) in [7, 11) is 0.